The summed E-state index contributed by atoms with van der Waals surface area (Å²) in [7, 11) is 0. The van der Waals surface area contributed by atoms with E-state index in [2.05, 4.69) is 13.8 Å². The second-order valence-electron chi connectivity index (χ2n) is 5.55. The Bertz CT molecular complexity index is 395. The Morgan fingerprint density at radius 3 is 2.28 bits per heavy atom. The maximum atomic E-state index is 12.4. The maximum Gasteiger partial charge on any atom is 0.253 e. The highest BCUT2D eigenvalue weighted by atomic mass is 16.2. The van der Waals surface area contributed by atoms with Crippen molar-refractivity contribution in [3.63, 3.8) is 0 Å². The Morgan fingerprint density at radius 2 is 1.83 bits per heavy atom. The first-order chi connectivity index (χ1) is 8.39. The highest BCUT2D eigenvalue weighted by Crippen LogP contribution is 2.17. The maximum absolute atomic E-state index is 12.4. The van der Waals surface area contributed by atoms with Gasteiger partial charge in [-0.15, -0.1) is 0 Å². The van der Waals surface area contributed by atoms with E-state index in [1.807, 2.05) is 43.0 Å². The van der Waals surface area contributed by atoms with E-state index in [0.29, 0.717) is 19.6 Å². The summed E-state index contributed by atoms with van der Waals surface area (Å²) in [4.78, 5) is 14.2. The number of hydrogen-bond acceptors (Lipinski definition) is 2. The molecule has 0 aliphatic carbocycles. The molecular weight excluding hydrogens is 224 g/mol. The molecule has 0 saturated carbocycles. The van der Waals surface area contributed by atoms with Crippen LogP contribution in [0.25, 0.3) is 0 Å². The highest BCUT2D eigenvalue weighted by Gasteiger charge is 2.23. The molecule has 3 heteroatoms. The number of nitrogens with two attached hydrogens (primary N) is 1. The number of hydrogen-bond donors (Lipinski definition) is 1. The van der Waals surface area contributed by atoms with Crippen molar-refractivity contribution < 1.29 is 4.79 Å². The standard InChI is InChI=1S/C15H24N2O/c1-5-17(11-15(3,4)10-16)14(18)13-8-6-12(2)7-9-13/h6-9H,5,10-11,16H2,1-4H3. The van der Waals surface area contributed by atoms with Crippen LogP contribution in [0.2, 0.25) is 0 Å². The van der Waals surface area contributed by atoms with Crippen LogP contribution in [0.15, 0.2) is 24.3 Å². The van der Waals surface area contributed by atoms with Crippen molar-refractivity contribution in [1.29, 1.82) is 0 Å². The van der Waals surface area contributed by atoms with Gasteiger partial charge in [-0.3, -0.25) is 4.79 Å². The van der Waals surface area contributed by atoms with E-state index in [0.717, 1.165) is 11.1 Å². The molecule has 1 rings (SSSR count). The Kier molecular flexibility index (Phi) is 4.91. The molecule has 0 heterocycles. The Balaban J connectivity index is 2.82. The van der Waals surface area contributed by atoms with Gasteiger partial charge in [0.1, 0.15) is 0 Å². The van der Waals surface area contributed by atoms with Gasteiger partial charge in [-0.25, -0.2) is 0 Å². The summed E-state index contributed by atoms with van der Waals surface area (Å²) < 4.78 is 0. The predicted octanol–water partition coefficient (Wildman–Crippen LogP) is 2.44. The van der Waals surface area contributed by atoms with Gasteiger partial charge in [0.15, 0.2) is 0 Å². The summed E-state index contributed by atoms with van der Waals surface area (Å²) in [5, 5.41) is 0. The Hall–Kier alpha value is -1.35. The first kappa shape index (κ1) is 14.7. The van der Waals surface area contributed by atoms with Crippen molar-refractivity contribution in [2.75, 3.05) is 19.6 Å². The van der Waals surface area contributed by atoms with Crippen LogP contribution >= 0.6 is 0 Å². The Labute approximate surface area is 110 Å². The van der Waals surface area contributed by atoms with Gasteiger partial charge in [0.05, 0.1) is 0 Å². The van der Waals surface area contributed by atoms with Gasteiger partial charge in [0, 0.05) is 18.7 Å². The van der Waals surface area contributed by atoms with Crippen LogP contribution in [0, 0.1) is 12.3 Å². The van der Waals surface area contributed by atoms with Crippen LogP contribution in [0.1, 0.15) is 36.7 Å². The SMILES string of the molecule is CCN(CC(C)(C)CN)C(=O)c1ccc(C)cc1. The van der Waals surface area contributed by atoms with E-state index >= 15 is 0 Å². The summed E-state index contributed by atoms with van der Waals surface area (Å²) >= 11 is 0. The fourth-order valence-electron chi connectivity index (χ4n) is 1.79. The molecule has 3 nitrogen and oxygen atoms in total. The zero-order valence-electron chi connectivity index (χ0n) is 11.9. The molecule has 1 aromatic rings. The highest BCUT2D eigenvalue weighted by molar-refractivity contribution is 5.94. The summed E-state index contributed by atoms with van der Waals surface area (Å²) in [5.74, 6) is 0.0824. The van der Waals surface area contributed by atoms with Gasteiger partial charge >= 0.3 is 0 Å². The first-order valence-electron chi connectivity index (χ1n) is 6.45. The summed E-state index contributed by atoms with van der Waals surface area (Å²) in [6.45, 7) is 10.1. The topological polar surface area (TPSA) is 46.3 Å². The van der Waals surface area contributed by atoms with Gasteiger partial charge in [-0.1, -0.05) is 31.5 Å². The molecule has 0 spiro atoms. The largest absolute Gasteiger partial charge is 0.338 e. The summed E-state index contributed by atoms with van der Waals surface area (Å²) in [5.41, 5.74) is 7.59. The van der Waals surface area contributed by atoms with Crippen LogP contribution in [0.3, 0.4) is 0 Å². The molecule has 0 fully saturated rings. The molecule has 18 heavy (non-hydrogen) atoms. The summed E-state index contributed by atoms with van der Waals surface area (Å²) in [6.07, 6.45) is 0. The van der Waals surface area contributed by atoms with Crippen LogP contribution in [-0.2, 0) is 0 Å². The zero-order valence-corrected chi connectivity index (χ0v) is 11.9. The van der Waals surface area contributed by atoms with Gasteiger partial charge in [0.2, 0.25) is 0 Å². The van der Waals surface area contributed by atoms with Gasteiger partial charge in [0.25, 0.3) is 5.91 Å². The van der Waals surface area contributed by atoms with E-state index in [-0.39, 0.29) is 11.3 Å². The number of carbonyl (C=O) groups excluding carboxylic acids is 1. The van der Waals surface area contributed by atoms with Crippen molar-refractivity contribution in [3.8, 4) is 0 Å². The van der Waals surface area contributed by atoms with Crippen LogP contribution in [0.4, 0.5) is 0 Å². The number of carbonyl (C=O) groups is 1. The lowest BCUT2D eigenvalue weighted by Gasteiger charge is -2.31. The molecule has 0 aliphatic rings. The third kappa shape index (κ3) is 3.84. The van der Waals surface area contributed by atoms with Crippen LogP contribution < -0.4 is 5.73 Å². The van der Waals surface area contributed by atoms with Crippen molar-refractivity contribution in [1.82, 2.24) is 4.90 Å². The minimum absolute atomic E-state index is 0.0453. The molecule has 0 aromatic heterocycles. The molecule has 0 unspecified atom stereocenters. The smallest absolute Gasteiger partial charge is 0.253 e. The number of rotatable bonds is 5. The van der Waals surface area contributed by atoms with E-state index in [1.54, 1.807) is 0 Å². The number of aryl methyl sites for hydroxylation is 1. The van der Waals surface area contributed by atoms with Crippen molar-refractivity contribution in [2.24, 2.45) is 11.1 Å². The van der Waals surface area contributed by atoms with Crippen molar-refractivity contribution >= 4 is 5.91 Å². The zero-order chi connectivity index (χ0) is 13.8. The molecule has 1 aromatic carbocycles. The third-order valence-corrected chi connectivity index (χ3v) is 3.14. The molecule has 2 N–H and O–H groups in total. The molecule has 0 aliphatic heterocycles. The molecule has 0 bridgehead atoms. The lowest BCUT2D eigenvalue weighted by atomic mass is 9.93. The van der Waals surface area contributed by atoms with Gasteiger partial charge in [-0.05, 0) is 37.9 Å². The van der Waals surface area contributed by atoms with Crippen LogP contribution in [-0.4, -0.2) is 30.4 Å². The number of nitrogens with zero attached hydrogens (tertiary/aromatic N) is 1. The minimum Gasteiger partial charge on any atom is -0.338 e. The molecule has 100 valence electrons. The first-order valence-corrected chi connectivity index (χ1v) is 6.45. The van der Waals surface area contributed by atoms with E-state index in [4.69, 9.17) is 5.73 Å². The molecular formula is C15H24N2O. The van der Waals surface area contributed by atoms with Crippen LogP contribution in [0.5, 0.6) is 0 Å². The fourth-order valence-corrected chi connectivity index (χ4v) is 1.79. The monoisotopic (exact) mass is 248 g/mol. The average molecular weight is 248 g/mol. The molecule has 0 atom stereocenters. The summed E-state index contributed by atoms with van der Waals surface area (Å²) in [6, 6.07) is 7.70. The van der Waals surface area contributed by atoms with E-state index < -0.39 is 0 Å². The normalized spacial score (nSPS) is 11.4. The lowest BCUT2D eigenvalue weighted by molar-refractivity contribution is 0.0701. The Morgan fingerprint density at radius 1 is 1.28 bits per heavy atom. The van der Waals surface area contributed by atoms with E-state index in [9.17, 15) is 4.79 Å². The molecule has 0 radical (unpaired) electrons. The van der Waals surface area contributed by atoms with Gasteiger partial charge in [-0.2, -0.15) is 0 Å². The second kappa shape index (κ2) is 6.01. The third-order valence-electron chi connectivity index (χ3n) is 3.14. The van der Waals surface area contributed by atoms with E-state index in [1.165, 1.54) is 0 Å². The van der Waals surface area contributed by atoms with Crippen molar-refractivity contribution in [3.05, 3.63) is 35.4 Å². The molecule has 0 saturated heterocycles. The molecule has 1 amide bonds. The average Bonchev–Trinajstić information content (AvgIpc) is 2.36. The minimum atomic E-state index is -0.0453. The second-order valence-corrected chi connectivity index (χ2v) is 5.55. The van der Waals surface area contributed by atoms with Gasteiger partial charge < -0.3 is 10.6 Å². The lowest BCUT2D eigenvalue weighted by Crippen LogP contribution is -2.41. The predicted molar refractivity (Wildman–Crippen MR) is 75.6 cm³/mol. The van der Waals surface area contributed by atoms with Crippen molar-refractivity contribution in [2.45, 2.75) is 27.7 Å². The fraction of sp³-hybridized carbons (Fsp3) is 0.533. The number of benzene rings is 1. The quantitative estimate of drug-likeness (QED) is 0.870. The number of amides is 1.